The van der Waals surface area contributed by atoms with E-state index in [4.69, 9.17) is 0 Å². The maximum absolute atomic E-state index is 3.47. The number of hydrogen-bond acceptors (Lipinski definition) is 2. The van der Waals surface area contributed by atoms with E-state index >= 15 is 0 Å². The second-order valence-electron chi connectivity index (χ2n) is 3.19. The molecule has 9 heavy (non-hydrogen) atoms. The van der Waals surface area contributed by atoms with Gasteiger partial charge in [0.05, 0.1) is 0 Å². The van der Waals surface area contributed by atoms with Crippen LogP contribution < -0.4 is 5.32 Å². The van der Waals surface area contributed by atoms with Crippen molar-refractivity contribution in [3.05, 3.63) is 0 Å². The molecule has 2 nitrogen and oxygen atoms in total. The van der Waals surface area contributed by atoms with Crippen LogP contribution in [0.1, 0.15) is 15.3 Å². The van der Waals surface area contributed by atoms with Gasteiger partial charge in [0.25, 0.3) is 0 Å². The molecule has 56 valence electrons. The minimum absolute atomic E-state index is 0. The molecule has 0 aromatic carbocycles. The van der Waals surface area contributed by atoms with E-state index in [2.05, 4.69) is 31.1 Å². The van der Waals surface area contributed by atoms with Gasteiger partial charge in [-0.15, -0.1) is 0 Å². The van der Waals surface area contributed by atoms with E-state index < -0.39 is 0 Å². The Balaban J connectivity index is 0.000000810. The number of likely N-dealkylation sites (N-methyl/N-ethyl adjacent to an activating group) is 1. The number of rotatable bonds is 0. The molecule has 2 heteroatoms. The summed E-state index contributed by atoms with van der Waals surface area (Å²) < 4.78 is 0. The van der Waals surface area contributed by atoms with Crippen LogP contribution in [0.2, 0.25) is 0 Å². The number of hydrogen-bond donors (Lipinski definition) is 1. The molecule has 1 rings (SSSR count). The lowest BCUT2D eigenvalue weighted by atomic mass is 10.2. The van der Waals surface area contributed by atoms with Crippen LogP contribution >= 0.6 is 0 Å². The molecular weight excluding hydrogens is 112 g/mol. The third-order valence-electron chi connectivity index (χ3n) is 1.74. The van der Waals surface area contributed by atoms with Crippen LogP contribution in [0.15, 0.2) is 0 Å². The number of piperazine rings is 1. The van der Waals surface area contributed by atoms with Gasteiger partial charge in [-0.2, -0.15) is 0 Å². The lowest BCUT2D eigenvalue weighted by molar-refractivity contribution is 0.208. The summed E-state index contributed by atoms with van der Waals surface area (Å²) in [6.45, 7) is 6.83. The Morgan fingerprint density at radius 1 is 1.33 bits per heavy atom. The highest BCUT2D eigenvalue weighted by Gasteiger charge is 2.16. The summed E-state index contributed by atoms with van der Waals surface area (Å²) in [6, 6.07) is 1.33. The van der Waals surface area contributed by atoms with Crippen molar-refractivity contribution in [3.8, 4) is 0 Å². The Hall–Kier alpha value is -0.0800. The second kappa shape index (κ2) is 2.67. The largest absolute Gasteiger partial charge is 0.309 e. The summed E-state index contributed by atoms with van der Waals surface area (Å²) >= 11 is 0. The molecule has 1 aliphatic heterocycles. The van der Waals surface area contributed by atoms with Gasteiger partial charge in [0, 0.05) is 26.6 Å². The van der Waals surface area contributed by atoms with Gasteiger partial charge < -0.3 is 10.2 Å². The van der Waals surface area contributed by atoms with Gasteiger partial charge >= 0.3 is 0 Å². The van der Waals surface area contributed by atoms with Gasteiger partial charge in [-0.05, 0) is 20.9 Å². The van der Waals surface area contributed by atoms with Crippen LogP contribution in [0.3, 0.4) is 0 Å². The van der Waals surface area contributed by atoms with Crippen molar-refractivity contribution in [2.75, 3.05) is 20.1 Å². The standard InChI is InChI=1S/C7H16N2.H2/c1-6-4-9(3)5-7(2)8-6;/h6-8H,4-5H2,1-3H3;1H. The first kappa shape index (κ1) is 7.03. The van der Waals surface area contributed by atoms with Crippen LogP contribution in [0, 0.1) is 0 Å². The van der Waals surface area contributed by atoms with E-state index in [9.17, 15) is 0 Å². The van der Waals surface area contributed by atoms with E-state index in [1.165, 1.54) is 13.1 Å². The van der Waals surface area contributed by atoms with Crippen molar-refractivity contribution >= 4 is 0 Å². The fraction of sp³-hybridized carbons (Fsp3) is 1.00. The van der Waals surface area contributed by atoms with Gasteiger partial charge in [-0.3, -0.25) is 0 Å². The summed E-state index contributed by atoms with van der Waals surface area (Å²) in [5, 5.41) is 3.47. The summed E-state index contributed by atoms with van der Waals surface area (Å²) in [7, 11) is 2.17. The minimum Gasteiger partial charge on any atom is -0.309 e. The molecule has 1 heterocycles. The van der Waals surface area contributed by atoms with Crippen LogP contribution in [0.4, 0.5) is 0 Å². The number of nitrogens with one attached hydrogen (secondary N) is 1. The van der Waals surface area contributed by atoms with E-state index in [1.54, 1.807) is 0 Å². The van der Waals surface area contributed by atoms with Gasteiger partial charge in [-0.25, -0.2) is 0 Å². The van der Waals surface area contributed by atoms with Crippen molar-refractivity contribution in [1.29, 1.82) is 0 Å². The third kappa shape index (κ3) is 1.95. The normalized spacial score (nSPS) is 39.0. The lowest BCUT2D eigenvalue weighted by Gasteiger charge is -2.33. The molecule has 2 unspecified atom stereocenters. The number of nitrogens with zero attached hydrogens (tertiary/aromatic N) is 1. The fourth-order valence-corrected chi connectivity index (χ4v) is 1.60. The predicted molar refractivity (Wildman–Crippen MR) is 41.7 cm³/mol. The van der Waals surface area contributed by atoms with Crippen LogP contribution in [0.25, 0.3) is 0 Å². The summed E-state index contributed by atoms with van der Waals surface area (Å²) in [5.74, 6) is 0. The Kier molecular flexibility index (Phi) is 2.09. The lowest BCUT2D eigenvalue weighted by Crippen LogP contribution is -2.52. The van der Waals surface area contributed by atoms with E-state index in [0.717, 1.165) is 0 Å². The van der Waals surface area contributed by atoms with Crippen LogP contribution in [-0.4, -0.2) is 37.1 Å². The average molecular weight is 130 g/mol. The average Bonchev–Trinajstić information content (AvgIpc) is 1.59. The Bertz CT molecular complexity index is 72.6. The monoisotopic (exact) mass is 130 g/mol. The molecular formula is C7H18N2. The van der Waals surface area contributed by atoms with Gasteiger partial charge in [0.1, 0.15) is 0 Å². The molecule has 0 amide bonds. The van der Waals surface area contributed by atoms with Crippen molar-refractivity contribution in [2.45, 2.75) is 25.9 Å². The molecule has 1 aliphatic rings. The zero-order chi connectivity index (χ0) is 6.85. The quantitative estimate of drug-likeness (QED) is 0.515. The van der Waals surface area contributed by atoms with Crippen LogP contribution in [-0.2, 0) is 0 Å². The van der Waals surface area contributed by atoms with E-state index in [0.29, 0.717) is 12.1 Å². The third-order valence-corrected chi connectivity index (χ3v) is 1.74. The second-order valence-corrected chi connectivity index (χ2v) is 3.19. The molecule has 0 aliphatic carbocycles. The smallest absolute Gasteiger partial charge is 0.0169 e. The zero-order valence-electron chi connectivity index (χ0n) is 6.52. The zero-order valence-corrected chi connectivity index (χ0v) is 6.52. The molecule has 1 fully saturated rings. The topological polar surface area (TPSA) is 15.3 Å². The van der Waals surface area contributed by atoms with Crippen molar-refractivity contribution in [1.82, 2.24) is 10.2 Å². The predicted octanol–water partition coefficient (Wildman–Crippen LogP) is 0.544. The summed E-state index contributed by atoms with van der Waals surface area (Å²) in [5.41, 5.74) is 0. The van der Waals surface area contributed by atoms with Gasteiger partial charge in [0.2, 0.25) is 0 Å². The Morgan fingerprint density at radius 2 is 1.78 bits per heavy atom. The van der Waals surface area contributed by atoms with Crippen molar-refractivity contribution in [2.24, 2.45) is 0 Å². The minimum atomic E-state index is 0. The summed E-state index contributed by atoms with van der Waals surface area (Å²) in [4.78, 5) is 2.37. The van der Waals surface area contributed by atoms with E-state index in [-0.39, 0.29) is 1.43 Å². The van der Waals surface area contributed by atoms with E-state index in [1.807, 2.05) is 0 Å². The molecule has 0 saturated carbocycles. The summed E-state index contributed by atoms with van der Waals surface area (Å²) in [6.07, 6.45) is 0. The molecule has 0 aromatic heterocycles. The first-order chi connectivity index (χ1) is 4.18. The SMILES string of the molecule is CC1CN(C)CC(C)N1.[HH]. The molecule has 0 spiro atoms. The van der Waals surface area contributed by atoms with Gasteiger partial charge in [-0.1, -0.05) is 0 Å². The maximum Gasteiger partial charge on any atom is 0.0169 e. The first-order valence-corrected chi connectivity index (χ1v) is 3.63. The highest BCUT2D eigenvalue weighted by atomic mass is 15.2. The molecule has 0 radical (unpaired) electrons. The molecule has 0 bridgehead atoms. The molecule has 1 saturated heterocycles. The molecule has 0 aromatic rings. The highest BCUT2D eigenvalue weighted by Crippen LogP contribution is 1.99. The van der Waals surface area contributed by atoms with Gasteiger partial charge in [0.15, 0.2) is 0 Å². The van der Waals surface area contributed by atoms with Crippen LogP contribution in [0.5, 0.6) is 0 Å². The van der Waals surface area contributed by atoms with Crippen molar-refractivity contribution in [3.63, 3.8) is 0 Å². The molecule has 1 N–H and O–H groups in total. The maximum atomic E-state index is 3.47. The Morgan fingerprint density at radius 3 is 2.11 bits per heavy atom. The first-order valence-electron chi connectivity index (χ1n) is 3.63. The van der Waals surface area contributed by atoms with Crippen molar-refractivity contribution < 1.29 is 1.43 Å². The molecule has 2 atom stereocenters. The Labute approximate surface area is 58.7 Å². The highest BCUT2D eigenvalue weighted by molar-refractivity contribution is 4.78. The fourth-order valence-electron chi connectivity index (χ4n) is 1.60.